The topological polar surface area (TPSA) is 40.5 Å². The molecule has 1 atom stereocenters. The third kappa shape index (κ3) is 2.98. The fraction of sp³-hybridized carbons (Fsp3) is 0.909. The highest BCUT2D eigenvalue weighted by Gasteiger charge is 2.26. The molecule has 1 rings (SSSR count). The number of hydrogen-bond acceptors (Lipinski definition) is 2. The molecule has 14 heavy (non-hydrogen) atoms. The van der Waals surface area contributed by atoms with Crippen LogP contribution in [0.2, 0.25) is 0 Å². The molecular formula is C11H21NO2. The molecular weight excluding hydrogens is 178 g/mol. The highest BCUT2D eigenvalue weighted by Crippen LogP contribution is 2.25. The standard InChI is InChI=1S/C11H21NO2/c1-3-9(2)12(8-11(13)14)10-6-4-5-7-10/h9-10H,3-8H2,1-2H3,(H,13,14). The van der Waals surface area contributed by atoms with Gasteiger partial charge in [-0.15, -0.1) is 0 Å². The fourth-order valence-corrected chi connectivity index (χ4v) is 2.27. The van der Waals surface area contributed by atoms with Crippen LogP contribution >= 0.6 is 0 Å². The van der Waals surface area contributed by atoms with Crippen molar-refractivity contribution in [3.05, 3.63) is 0 Å². The van der Waals surface area contributed by atoms with Gasteiger partial charge in [0.1, 0.15) is 0 Å². The van der Waals surface area contributed by atoms with Crippen molar-refractivity contribution in [2.24, 2.45) is 0 Å². The highest BCUT2D eigenvalue weighted by atomic mass is 16.4. The number of hydrogen-bond donors (Lipinski definition) is 1. The zero-order valence-electron chi connectivity index (χ0n) is 9.20. The lowest BCUT2D eigenvalue weighted by Crippen LogP contribution is -2.43. The summed E-state index contributed by atoms with van der Waals surface area (Å²) in [5.74, 6) is -0.697. The second-order valence-electron chi connectivity index (χ2n) is 4.26. The van der Waals surface area contributed by atoms with Gasteiger partial charge in [-0.1, -0.05) is 19.8 Å². The Morgan fingerprint density at radius 2 is 2.07 bits per heavy atom. The molecule has 1 aliphatic rings. The quantitative estimate of drug-likeness (QED) is 0.737. The van der Waals surface area contributed by atoms with Crippen molar-refractivity contribution >= 4 is 5.97 Å². The van der Waals surface area contributed by atoms with E-state index in [9.17, 15) is 4.79 Å². The zero-order valence-corrected chi connectivity index (χ0v) is 9.20. The van der Waals surface area contributed by atoms with E-state index in [0.29, 0.717) is 12.1 Å². The Kier molecular flexibility index (Phi) is 4.39. The lowest BCUT2D eigenvalue weighted by atomic mass is 10.1. The third-order valence-corrected chi connectivity index (χ3v) is 3.27. The minimum absolute atomic E-state index is 0.208. The van der Waals surface area contributed by atoms with Gasteiger partial charge in [0.05, 0.1) is 6.54 Å². The molecule has 3 heteroatoms. The van der Waals surface area contributed by atoms with E-state index in [1.165, 1.54) is 25.7 Å². The monoisotopic (exact) mass is 199 g/mol. The van der Waals surface area contributed by atoms with E-state index >= 15 is 0 Å². The summed E-state index contributed by atoms with van der Waals surface area (Å²) in [4.78, 5) is 12.9. The predicted octanol–water partition coefficient (Wildman–Crippen LogP) is 2.11. The van der Waals surface area contributed by atoms with Crippen molar-refractivity contribution in [1.82, 2.24) is 4.90 Å². The summed E-state index contributed by atoms with van der Waals surface area (Å²) in [5, 5.41) is 8.85. The van der Waals surface area contributed by atoms with E-state index in [1.54, 1.807) is 0 Å². The van der Waals surface area contributed by atoms with Crippen molar-refractivity contribution in [2.45, 2.75) is 58.0 Å². The van der Waals surface area contributed by atoms with Gasteiger partial charge in [-0.3, -0.25) is 9.69 Å². The molecule has 0 heterocycles. The first-order valence-corrected chi connectivity index (χ1v) is 5.62. The van der Waals surface area contributed by atoms with E-state index in [2.05, 4.69) is 18.7 Å². The summed E-state index contributed by atoms with van der Waals surface area (Å²) < 4.78 is 0. The van der Waals surface area contributed by atoms with Crippen LogP contribution in [-0.2, 0) is 4.79 Å². The van der Waals surface area contributed by atoms with Gasteiger partial charge in [0.25, 0.3) is 0 Å². The first-order chi connectivity index (χ1) is 6.65. The summed E-state index contributed by atoms with van der Waals surface area (Å²) in [6.07, 6.45) is 5.91. The van der Waals surface area contributed by atoms with Crippen LogP contribution in [0.5, 0.6) is 0 Å². The van der Waals surface area contributed by atoms with E-state index < -0.39 is 5.97 Å². The molecule has 1 unspecified atom stereocenters. The normalized spacial score (nSPS) is 20.2. The van der Waals surface area contributed by atoms with Gasteiger partial charge in [0.15, 0.2) is 0 Å². The molecule has 0 aliphatic heterocycles. The molecule has 0 spiro atoms. The Balaban J connectivity index is 2.54. The Morgan fingerprint density at radius 3 is 2.50 bits per heavy atom. The summed E-state index contributed by atoms with van der Waals surface area (Å²) in [6.45, 7) is 4.45. The molecule has 0 aromatic rings. The molecule has 0 radical (unpaired) electrons. The van der Waals surface area contributed by atoms with Crippen molar-refractivity contribution in [1.29, 1.82) is 0 Å². The number of carboxylic acid groups (broad SMARTS) is 1. The molecule has 0 aromatic carbocycles. The Morgan fingerprint density at radius 1 is 1.50 bits per heavy atom. The number of rotatable bonds is 5. The van der Waals surface area contributed by atoms with Crippen molar-refractivity contribution < 1.29 is 9.90 Å². The second kappa shape index (κ2) is 5.35. The SMILES string of the molecule is CCC(C)N(CC(=O)O)C1CCCC1. The average Bonchev–Trinajstić information content (AvgIpc) is 2.65. The summed E-state index contributed by atoms with van der Waals surface area (Å²) in [7, 11) is 0. The van der Waals surface area contributed by atoms with Gasteiger partial charge in [0, 0.05) is 12.1 Å². The molecule has 1 fully saturated rings. The summed E-state index contributed by atoms with van der Waals surface area (Å²) >= 11 is 0. The third-order valence-electron chi connectivity index (χ3n) is 3.27. The van der Waals surface area contributed by atoms with Crippen molar-refractivity contribution in [3.63, 3.8) is 0 Å². The molecule has 1 N–H and O–H groups in total. The molecule has 1 saturated carbocycles. The van der Waals surface area contributed by atoms with Gasteiger partial charge in [-0.2, -0.15) is 0 Å². The lowest BCUT2D eigenvalue weighted by molar-refractivity contribution is -0.139. The van der Waals surface area contributed by atoms with Crippen LogP contribution in [0, 0.1) is 0 Å². The molecule has 0 aromatic heterocycles. The van der Waals surface area contributed by atoms with E-state index in [0.717, 1.165) is 6.42 Å². The molecule has 0 saturated heterocycles. The number of carbonyl (C=O) groups is 1. The Labute approximate surface area is 86.1 Å². The van der Waals surface area contributed by atoms with Crippen molar-refractivity contribution in [3.8, 4) is 0 Å². The molecule has 0 amide bonds. The number of nitrogens with zero attached hydrogens (tertiary/aromatic N) is 1. The van der Waals surface area contributed by atoms with Gasteiger partial charge >= 0.3 is 5.97 Å². The van der Waals surface area contributed by atoms with Crippen LogP contribution < -0.4 is 0 Å². The van der Waals surface area contributed by atoms with Gasteiger partial charge in [-0.05, 0) is 26.2 Å². The van der Waals surface area contributed by atoms with Crippen LogP contribution in [0.1, 0.15) is 46.0 Å². The minimum atomic E-state index is -0.697. The molecule has 82 valence electrons. The Hall–Kier alpha value is -0.570. The summed E-state index contributed by atoms with van der Waals surface area (Å²) in [6, 6.07) is 0.912. The fourth-order valence-electron chi connectivity index (χ4n) is 2.27. The van der Waals surface area contributed by atoms with Crippen molar-refractivity contribution in [2.75, 3.05) is 6.54 Å². The maximum atomic E-state index is 10.7. The van der Waals surface area contributed by atoms with Gasteiger partial charge < -0.3 is 5.11 Å². The van der Waals surface area contributed by atoms with Crippen LogP contribution in [0.3, 0.4) is 0 Å². The molecule has 0 bridgehead atoms. The van der Waals surface area contributed by atoms with E-state index in [-0.39, 0.29) is 6.54 Å². The summed E-state index contributed by atoms with van der Waals surface area (Å²) in [5.41, 5.74) is 0. The van der Waals surface area contributed by atoms with E-state index in [4.69, 9.17) is 5.11 Å². The lowest BCUT2D eigenvalue weighted by Gasteiger charge is -2.32. The number of aliphatic carboxylic acids is 1. The zero-order chi connectivity index (χ0) is 10.6. The number of carboxylic acids is 1. The van der Waals surface area contributed by atoms with Gasteiger partial charge in [-0.25, -0.2) is 0 Å². The molecule has 3 nitrogen and oxygen atoms in total. The largest absolute Gasteiger partial charge is 0.480 e. The van der Waals surface area contributed by atoms with Gasteiger partial charge in [0.2, 0.25) is 0 Å². The predicted molar refractivity (Wildman–Crippen MR) is 56.4 cm³/mol. The van der Waals surface area contributed by atoms with Crippen LogP contribution in [-0.4, -0.2) is 34.6 Å². The Bertz CT molecular complexity index is 188. The maximum Gasteiger partial charge on any atom is 0.317 e. The maximum absolute atomic E-state index is 10.7. The first-order valence-electron chi connectivity index (χ1n) is 5.62. The van der Waals surface area contributed by atoms with Crippen LogP contribution in [0.15, 0.2) is 0 Å². The smallest absolute Gasteiger partial charge is 0.317 e. The van der Waals surface area contributed by atoms with E-state index in [1.807, 2.05) is 0 Å². The second-order valence-corrected chi connectivity index (χ2v) is 4.26. The minimum Gasteiger partial charge on any atom is -0.480 e. The van der Waals surface area contributed by atoms with Crippen LogP contribution in [0.4, 0.5) is 0 Å². The first kappa shape index (κ1) is 11.5. The molecule has 1 aliphatic carbocycles. The van der Waals surface area contributed by atoms with Crippen LogP contribution in [0.25, 0.3) is 0 Å². The highest BCUT2D eigenvalue weighted by molar-refractivity contribution is 5.69. The average molecular weight is 199 g/mol.